The van der Waals surface area contributed by atoms with Gasteiger partial charge in [0, 0.05) is 12.2 Å². The Balaban J connectivity index is 2.11. The summed E-state index contributed by atoms with van der Waals surface area (Å²) in [5, 5.41) is 3.23. The minimum atomic E-state index is -4.30. The van der Waals surface area contributed by atoms with Crippen molar-refractivity contribution in [3.8, 4) is 11.1 Å². The zero-order valence-corrected chi connectivity index (χ0v) is 10.1. The molecule has 3 rings (SSSR count). The van der Waals surface area contributed by atoms with Crippen molar-refractivity contribution in [1.29, 1.82) is 0 Å². The molecular formula is C15H12F3N. The molecule has 0 aliphatic carbocycles. The largest absolute Gasteiger partial charge is 0.416 e. The van der Waals surface area contributed by atoms with Crippen LogP contribution in [0.1, 0.15) is 11.1 Å². The van der Waals surface area contributed by atoms with Gasteiger partial charge in [0.05, 0.1) is 5.56 Å². The van der Waals surface area contributed by atoms with Gasteiger partial charge in [-0.2, -0.15) is 13.2 Å². The summed E-state index contributed by atoms with van der Waals surface area (Å²) in [6.07, 6.45) is -3.45. The van der Waals surface area contributed by atoms with E-state index >= 15 is 0 Å². The quantitative estimate of drug-likeness (QED) is 0.807. The number of fused-ring (bicyclic) bond motifs is 1. The van der Waals surface area contributed by atoms with Gasteiger partial charge in [-0.25, -0.2) is 0 Å². The Morgan fingerprint density at radius 2 is 1.79 bits per heavy atom. The van der Waals surface area contributed by atoms with Crippen LogP contribution in [-0.2, 0) is 12.6 Å². The van der Waals surface area contributed by atoms with Crippen LogP contribution in [0.2, 0.25) is 0 Å². The molecule has 1 heterocycles. The predicted octanol–water partition coefficient (Wildman–Crippen LogP) is 4.34. The molecule has 0 fully saturated rings. The lowest BCUT2D eigenvalue weighted by atomic mass is 9.96. The Kier molecular flexibility index (Phi) is 2.73. The first-order chi connectivity index (χ1) is 9.05. The second kappa shape index (κ2) is 4.30. The Morgan fingerprint density at radius 1 is 1.00 bits per heavy atom. The van der Waals surface area contributed by atoms with Crippen LogP contribution in [-0.4, -0.2) is 6.54 Å². The number of halogens is 3. The third-order valence-corrected chi connectivity index (χ3v) is 3.37. The van der Waals surface area contributed by atoms with Gasteiger partial charge < -0.3 is 5.32 Å². The van der Waals surface area contributed by atoms with Crippen molar-refractivity contribution in [3.63, 3.8) is 0 Å². The van der Waals surface area contributed by atoms with Gasteiger partial charge in [-0.1, -0.05) is 24.3 Å². The second-order valence-corrected chi connectivity index (χ2v) is 4.59. The van der Waals surface area contributed by atoms with E-state index in [-0.39, 0.29) is 0 Å². The molecule has 2 aromatic carbocycles. The first-order valence-electron chi connectivity index (χ1n) is 6.09. The lowest BCUT2D eigenvalue weighted by Gasteiger charge is -2.11. The molecule has 0 unspecified atom stereocenters. The maximum atomic E-state index is 12.7. The molecule has 0 radical (unpaired) electrons. The molecule has 98 valence electrons. The van der Waals surface area contributed by atoms with Crippen molar-refractivity contribution >= 4 is 5.69 Å². The highest BCUT2D eigenvalue weighted by Gasteiger charge is 2.30. The first-order valence-corrected chi connectivity index (χ1v) is 6.09. The van der Waals surface area contributed by atoms with Gasteiger partial charge in [0.2, 0.25) is 0 Å². The van der Waals surface area contributed by atoms with Gasteiger partial charge in [-0.15, -0.1) is 0 Å². The van der Waals surface area contributed by atoms with Gasteiger partial charge in [0.15, 0.2) is 0 Å². The van der Waals surface area contributed by atoms with E-state index in [0.717, 1.165) is 35.8 Å². The highest BCUT2D eigenvalue weighted by molar-refractivity contribution is 5.76. The van der Waals surface area contributed by atoms with E-state index in [4.69, 9.17) is 0 Å². The molecule has 2 aromatic rings. The van der Waals surface area contributed by atoms with Crippen molar-refractivity contribution in [2.24, 2.45) is 0 Å². The third-order valence-electron chi connectivity index (χ3n) is 3.37. The summed E-state index contributed by atoms with van der Waals surface area (Å²) >= 11 is 0. The molecule has 1 aliphatic rings. The van der Waals surface area contributed by atoms with Crippen molar-refractivity contribution in [2.45, 2.75) is 12.6 Å². The summed E-state index contributed by atoms with van der Waals surface area (Å²) in [6, 6.07) is 11.2. The molecule has 1 N–H and O–H groups in total. The summed E-state index contributed by atoms with van der Waals surface area (Å²) in [6.45, 7) is 0.839. The maximum absolute atomic E-state index is 12.7. The fourth-order valence-electron chi connectivity index (χ4n) is 2.48. The van der Waals surface area contributed by atoms with Gasteiger partial charge in [0.1, 0.15) is 0 Å². The average Bonchev–Trinajstić information content (AvgIpc) is 2.86. The molecule has 0 bridgehead atoms. The molecular weight excluding hydrogens is 251 g/mol. The van der Waals surface area contributed by atoms with Crippen LogP contribution < -0.4 is 5.32 Å². The van der Waals surface area contributed by atoms with E-state index < -0.39 is 11.7 Å². The van der Waals surface area contributed by atoms with Crippen LogP contribution in [0.5, 0.6) is 0 Å². The topological polar surface area (TPSA) is 12.0 Å². The Bertz CT molecular complexity index is 617. The normalized spacial score (nSPS) is 14.1. The Labute approximate surface area is 109 Å². The van der Waals surface area contributed by atoms with Gasteiger partial charge in [0.25, 0.3) is 0 Å². The smallest absolute Gasteiger partial charge is 0.384 e. The van der Waals surface area contributed by atoms with Crippen molar-refractivity contribution < 1.29 is 13.2 Å². The average molecular weight is 263 g/mol. The van der Waals surface area contributed by atoms with Gasteiger partial charge in [-0.3, -0.25) is 0 Å². The molecule has 1 nitrogen and oxygen atoms in total. The lowest BCUT2D eigenvalue weighted by molar-refractivity contribution is -0.137. The van der Waals surface area contributed by atoms with E-state index in [9.17, 15) is 13.2 Å². The SMILES string of the molecule is FC(F)(F)c1cccc(-c2cccc3c2CCN3)c1. The van der Waals surface area contributed by atoms with E-state index in [1.807, 2.05) is 18.2 Å². The number of hydrogen-bond donors (Lipinski definition) is 1. The van der Waals surface area contributed by atoms with E-state index in [1.165, 1.54) is 12.1 Å². The number of anilines is 1. The molecule has 0 saturated carbocycles. The first kappa shape index (κ1) is 12.1. The number of nitrogens with one attached hydrogen (secondary N) is 1. The fraction of sp³-hybridized carbons (Fsp3) is 0.200. The molecule has 0 amide bonds. The van der Waals surface area contributed by atoms with Crippen LogP contribution in [0, 0.1) is 0 Å². The highest BCUT2D eigenvalue weighted by Crippen LogP contribution is 2.36. The number of benzene rings is 2. The number of alkyl halides is 3. The van der Waals surface area contributed by atoms with Crippen LogP contribution in [0.3, 0.4) is 0 Å². The standard InChI is InChI=1S/C15H12F3N/c16-15(17,18)11-4-1-3-10(9-11)12-5-2-6-14-13(12)7-8-19-14/h1-6,9,19H,7-8H2. The summed E-state index contributed by atoms with van der Waals surface area (Å²) in [5.74, 6) is 0. The zero-order chi connectivity index (χ0) is 13.5. The van der Waals surface area contributed by atoms with Crippen molar-refractivity contribution in [2.75, 3.05) is 11.9 Å². The van der Waals surface area contributed by atoms with Gasteiger partial charge in [-0.05, 0) is 41.3 Å². The van der Waals surface area contributed by atoms with Crippen LogP contribution in [0.15, 0.2) is 42.5 Å². The number of hydrogen-bond acceptors (Lipinski definition) is 1. The summed E-state index contributed by atoms with van der Waals surface area (Å²) in [4.78, 5) is 0. The van der Waals surface area contributed by atoms with E-state index in [1.54, 1.807) is 6.07 Å². The summed E-state index contributed by atoms with van der Waals surface area (Å²) < 4.78 is 38.2. The number of rotatable bonds is 1. The molecule has 19 heavy (non-hydrogen) atoms. The third kappa shape index (κ3) is 2.18. The summed E-state index contributed by atoms with van der Waals surface area (Å²) in [7, 11) is 0. The minimum absolute atomic E-state index is 0.603. The second-order valence-electron chi connectivity index (χ2n) is 4.59. The molecule has 0 atom stereocenters. The van der Waals surface area contributed by atoms with E-state index in [0.29, 0.717) is 5.56 Å². The molecule has 4 heteroatoms. The van der Waals surface area contributed by atoms with Crippen molar-refractivity contribution in [1.82, 2.24) is 0 Å². The maximum Gasteiger partial charge on any atom is 0.416 e. The monoisotopic (exact) mass is 263 g/mol. The van der Waals surface area contributed by atoms with Gasteiger partial charge >= 0.3 is 6.18 Å². The highest BCUT2D eigenvalue weighted by atomic mass is 19.4. The van der Waals surface area contributed by atoms with Crippen LogP contribution in [0.25, 0.3) is 11.1 Å². The minimum Gasteiger partial charge on any atom is -0.384 e. The van der Waals surface area contributed by atoms with Crippen molar-refractivity contribution in [3.05, 3.63) is 53.6 Å². The predicted molar refractivity (Wildman–Crippen MR) is 69.1 cm³/mol. The van der Waals surface area contributed by atoms with Crippen LogP contribution >= 0.6 is 0 Å². The summed E-state index contributed by atoms with van der Waals surface area (Å²) in [5.41, 5.74) is 3.02. The molecule has 0 aromatic heterocycles. The lowest BCUT2D eigenvalue weighted by Crippen LogP contribution is -2.04. The Hall–Kier alpha value is -1.97. The molecule has 0 saturated heterocycles. The zero-order valence-electron chi connectivity index (χ0n) is 10.1. The molecule has 0 spiro atoms. The van der Waals surface area contributed by atoms with Crippen LogP contribution in [0.4, 0.5) is 18.9 Å². The molecule has 1 aliphatic heterocycles. The van der Waals surface area contributed by atoms with E-state index in [2.05, 4.69) is 5.32 Å². The Morgan fingerprint density at radius 3 is 2.58 bits per heavy atom. The fourth-order valence-corrected chi connectivity index (χ4v) is 2.48.